The number of nitrogens with zero attached hydrogens (tertiary/aromatic N) is 1. The van der Waals surface area contributed by atoms with E-state index in [0.29, 0.717) is 34.1 Å². The molecule has 0 fully saturated rings. The quantitative estimate of drug-likeness (QED) is 0.612. The highest BCUT2D eigenvalue weighted by atomic mass is 16.5. The van der Waals surface area contributed by atoms with Crippen LogP contribution in [0.3, 0.4) is 0 Å². The zero-order chi connectivity index (χ0) is 23.5. The molecular weight excluding hydrogens is 420 g/mol. The number of likely N-dealkylation sites (N-methyl/N-ethyl adjacent to an activating group) is 1. The fourth-order valence-electron chi connectivity index (χ4n) is 4.30. The molecule has 3 aromatic carbocycles. The molecule has 7 heteroatoms. The highest BCUT2D eigenvalue weighted by Crippen LogP contribution is 2.43. The van der Waals surface area contributed by atoms with Crippen molar-refractivity contribution >= 4 is 17.5 Å². The first-order valence-corrected chi connectivity index (χ1v) is 10.5. The largest absolute Gasteiger partial charge is 0.497 e. The van der Waals surface area contributed by atoms with Gasteiger partial charge in [0.25, 0.3) is 5.91 Å². The summed E-state index contributed by atoms with van der Waals surface area (Å²) in [5.74, 6) is 0.774. The predicted molar refractivity (Wildman–Crippen MR) is 125 cm³/mol. The van der Waals surface area contributed by atoms with Crippen LogP contribution in [0.1, 0.15) is 33.4 Å². The van der Waals surface area contributed by atoms with E-state index in [9.17, 15) is 9.59 Å². The highest BCUT2D eigenvalue weighted by molar-refractivity contribution is 6.04. The van der Waals surface area contributed by atoms with E-state index < -0.39 is 12.0 Å². The van der Waals surface area contributed by atoms with Gasteiger partial charge >= 0.3 is 0 Å². The lowest BCUT2D eigenvalue weighted by Gasteiger charge is -2.39. The van der Waals surface area contributed by atoms with Gasteiger partial charge in [-0.2, -0.15) is 0 Å². The van der Waals surface area contributed by atoms with Crippen LogP contribution in [0.4, 0.5) is 5.69 Å². The number of anilines is 1. The summed E-state index contributed by atoms with van der Waals surface area (Å²) in [6, 6.07) is 19.4. The minimum atomic E-state index is -0.645. The summed E-state index contributed by atoms with van der Waals surface area (Å²) < 4.78 is 16.0. The van der Waals surface area contributed by atoms with E-state index >= 15 is 0 Å². The molecule has 4 rings (SSSR count). The molecule has 33 heavy (non-hydrogen) atoms. The van der Waals surface area contributed by atoms with Gasteiger partial charge < -0.3 is 24.4 Å². The SMILES string of the molecule is COc1ccc([C@H]2[C@@H](C(=O)Nc3cc(OC)ccc3OC)c3ccccc3C(=O)N2C)cc1. The Bertz CT molecular complexity index is 1180. The lowest BCUT2D eigenvalue weighted by Crippen LogP contribution is -2.44. The number of benzene rings is 3. The average molecular weight is 447 g/mol. The van der Waals surface area contributed by atoms with Gasteiger partial charge in [-0.1, -0.05) is 30.3 Å². The highest BCUT2D eigenvalue weighted by Gasteiger charge is 2.42. The number of rotatable bonds is 6. The van der Waals surface area contributed by atoms with E-state index in [0.717, 1.165) is 5.56 Å². The fraction of sp³-hybridized carbons (Fsp3) is 0.231. The maximum absolute atomic E-state index is 13.8. The van der Waals surface area contributed by atoms with Gasteiger partial charge in [-0.05, 0) is 41.5 Å². The van der Waals surface area contributed by atoms with Crippen molar-refractivity contribution in [2.45, 2.75) is 12.0 Å². The van der Waals surface area contributed by atoms with Crippen LogP contribution in [0.2, 0.25) is 0 Å². The van der Waals surface area contributed by atoms with E-state index in [-0.39, 0.29) is 11.8 Å². The van der Waals surface area contributed by atoms with Crippen molar-refractivity contribution in [2.24, 2.45) is 0 Å². The van der Waals surface area contributed by atoms with Crippen molar-refractivity contribution in [2.75, 3.05) is 33.7 Å². The number of hydrogen-bond donors (Lipinski definition) is 1. The van der Waals surface area contributed by atoms with Gasteiger partial charge in [0.1, 0.15) is 17.2 Å². The van der Waals surface area contributed by atoms with Gasteiger partial charge in [-0.3, -0.25) is 9.59 Å². The molecule has 0 aliphatic carbocycles. The molecule has 1 heterocycles. The van der Waals surface area contributed by atoms with Crippen molar-refractivity contribution in [1.29, 1.82) is 0 Å². The van der Waals surface area contributed by atoms with Gasteiger partial charge in [0.15, 0.2) is 0 Å². The molecule has 1 aliphatic heterocycles. The normalized spacial score (nSPS) is 17.2. The molecule has 0 unspecified atom stereocenters. The first kappa shape index (κ1) is 22.2. The van der Waals surface area contributed by atoms with Crippen molar-refractivity contribution in [3.05, 3.63) is 83.4 Å². The fourth-order valence-corrected chi connectivity index (χ4v) is 4.30. The predicted octanol–water partition coefficient (Wildman–Crippen LogP) is 4.26. The van der Waals surface area contributed by atoms with Crippen LogP contribution in [0, 0.1) is 0 Å². The Morgan fingerprint density at radius 2 is 1.55 bits per heavy atom. The number of fused-ring (bicyclic) bond motifs is 1. The summed E-state index contributed by atoms with van der Waals surface area (Å²) in [7, 11) is 6.42. The van der Waals surface area contributed by atoms with Gasteiger partial charge in [0.05, 0.1) is 39.0 Å². The second-order valence-electron chi connectivity index (χ2n) is 7.75. The molecule has 0 spiro atoms. The number of carbonyl (C=O) groups excluding carboxylic acids is 2. The molecule has 0 radical (unpaired) electrons. The second kappa shape index (κ2) is 9.24. The van der Waals surface area contributed by atoms with Crippen molar-refractivity contribution in [3.8, 4) is 17.2 Å². The molecule has 3 aromatic rings. The number of ether oxygens (including phenoxy) is 3. The number of methoxy groups -OCH3 is 3. The van der Waals surface area contributed by atoms with E-state index in [1.165, 1.54) is 0 Å². The van der Waals surface area contributed by atoms with Gasteiger partial charge in [0.2, 0.25) is 5.91 Å². The molecule has 0 aromatic heterocycles. The van der Waals surface area contributed by atoms with Crippen LogP contribution in [-0.2, 0) is 4.79 Å². The summed E-state index contributed by atoms with van der Waals surface area (Å²) in [6.45, 7) is 0. The lowest BCUT2D eigenvalue weighted by molar-refractivity contribution is -0.119. The number of nitrogens with one attached hydrogen (secondary N) is 1. The van der Waals surface area contributed by atoms with Crippen LogP contribution in [-0.4, -0.2) is 45.1 Å². The number of hydrogen-bond acceptors (Lipinski definition) is 5. The van der Waals surface area contributed by atoms with E-state index in [4.69, 9.17) is 14.2 Å². The third-order valence-electron chi connectivity index (χ3n) is 5.98. The maximum Gasteiger partial charge on any atom is 0.254 e. The zero-order valence-corrected chi connectivity index (χ0v) is 19.0. The van der Waals surface area contributed by atoms with E-state index in [1.54, 1.807) is 63.6 Å². The maximum atomic E-state index is 13.8. The Morgan fingerprint density at radius 3 is 2.21 bits per heavy atom. The topological polar surface area (TPSA) is 77.1 Å². The Labute approximate surface area is 192 Å². The lowest BCUT2D eigenvalue weighted by atomic mass is 9.79. The van der Waals surface area contributed by atoms with Crippen molar-refractivity contribution in [1.82, 2.24) is 4.90 Å². The monoisotopic (exact) mass is 446 g/mol. The molecule has 0 bridgehead atoms. The molecule has 170 valence electrons. The van der Waals surface area contributed by atoms with Crippen molar-refractivity contribution in [3.63, 3.8) is 0 Å². The molecule has 1 aliphatic rings. The zero-order valence-electron chi connectivity index (χ0n) is 19.0. The summed E-state index contributed by atoms with van der Waals surface area (Å²) in [6.07, 6.45) is 0. The molecule has 2 atom stereocenters. The van der Waals surface area contributed by atoms with Crippen LogP contribution in [0.25, 0.3) is 0 Å². The minimum Gasteiger partial charge on any atom is -0.497 e. The third-order valence-corrected chi connectivity index (χ3v) is 5.98. The number of amides is 2. The third kappa shape index (κ3) is 4.09. The Hall–Kier alpha value is -4.00. The Kier molecular flexibility index (Phi) is 6.22. The Morgan fingerprint density at radius 1 is 0.879 bits per heavy atom. The van der Waals surface area contributed by atoms with Crippen LogP contribution in [0.15, 0.2) is 66.7 Å². The molecule has 7 nitrogen and oxygen atoms in total. The molecule has 1 N–H and O–H groups in total. The smallest absolute Gasteiger partial charge is 0.254 e. The van der Waals surface area contributed by atoms with Gasteiger partial charge in [-0.15, -0.1) is 0 Å². The van der Waals surface area contributed by atoms with E-state index in [2.05, 4.69) is 5.32 Å². The average Bonchev–Trinajstić information content (AvgIpc) is 2.86. The van der Waals surface area contributed by atoms with Crippen LogP contribution < -0.4 is 19.5 Å². The van der Waals surface area contributed by atoms with Crippen LogP contribution in [0.5, 0.6) is 17.2 Å². The Balaban J connectivity index is 1.80. The number of carbonyl (C=O) groups is 2. The first-order chi connectivity index (χ1) is 16.0. The molecule has 0 saturated carbocycles. The second-order valence-corrected chi connectivity index (χ2v) is 7.75. The minimum absolute atomic E-state index is 0.130. The standard InChI is InChI=1S/C26H26N2O5/c1-28-24(16-9-11-17(31-2)12-10-16)23(19-7-5-6-8-20(19)26(28)30)25(29)27-21-15-18(32-3)13-14-22(21)33-4/h5-15,23-24H,1-4H3,(H,27,29)/t23-,24-/m0/s1. The summed E-state index contributed by atoms with van der Waals surface area (Å²) in [4.78, 5) is 28.6. The van der Waals surface area contributed by atoms with E-state index in [1.807, 2.05) is 36.4 Å². The molecule has 2 amide bonds. The first-order valence-electron chi connectivity index (χ1n) is 10.5. The van der Waals surface area contributed by atoms with Gasteiger partial charge in [-0.25, -0.2) is 0 Å². The summed E-state index contributed by atoms with van der Waals surface area (Å²) in [5, 5.41) is 3.00. The molecular formula is C26H26N2O5. The summed E-state index contributed by atoms with van der Waals surface area (Å²) >= 11 is 0. The van der Waals surface area contributed by atoms with Crippen molar-refractivity contribution < 1.29 is 23.8 Å². The van der Waals surface area contributed by atoms with Crippen LogP contribution >= 0.6 is 0 Å². The molecule has 0 saturated heterocycles. The van der Waals surface area contributed by atoms with Gasteiger partial charge in [0, 0.05) is 18.7 Å². The summed E-state index contributed by atoms with van der Waals surface area (Å²) in [5.41, 5.74) is 2.52.